The van der Waals surface area contributed by atoms with E-state index < -0.39 is 0 Å². The minimum Gasteiger partial charge on any atom is -0.354 e. The van der Waals surface area contributed by atoms with E-state index in [1.165, 1.54) is 16.3 Å². The Bertz CT molecular complexity index is 1270. The molecule has 0 unspecified atom stereocenters. The summed E-state index contributed by atoms with van der Waals surface area (Å²) in [6.45, 7) is 2.60. The Labute approximate surface area is 200 Å². The molecule has 8 heteroatoms. The van der Waals surface area contributed by atoms with Crippen LogP contribution in [0.15, 0.2) is 77.6 Å². The van der Waals surface area contributed by atoms with Crippen LogP contribution in [0.25, 0.3) is 21.1 Å². The van der Waals surface area contributed by atoms with E-state index in [-0.39, 0.29) is 11.5 Å². The first-order valence-corrected chi connectivity index (χ1v) is 12.6. The van der Waals surface area contributed by atoms with Crippen LogP contribution in [0.5, 0.6) is 0 Å². The molecular weight excluding hydrogens is 452 g/mol. The maximum Gasteiger partial charge on any atom is 0.266 e. The minimum atomic E-state index is -0.197. The highest BCUT2D eigenvalue weighted by Gasteiger charge is 2.13. The number of aromatic nitrogens is 3. The fourth-order valence-electron chi connectivity index (χ4n) is 3.26. The number of thiazole rings is 1. The van der Waals surface area contributed by atoms with Gasteiger partial charge in [-0.05, 0) is 18.6 Å². The van der Waals surface area contributed by atoms with Gasteiger partial charge in [-0.3, -0.25) is 9.59 Å². The average Bonchev–Trinajstić information content (AvgIpc) is 3.23. The van der Waals surface area contributed by atoms with Gasteiger partial charge in [0.05, 0.1) is 22.9 Å². The number of nitrogens with zero attached hydrogens (tertiary/aromatic N) is 3. The Morgan fingerprint density at radius 1 is 1.03 bits per heavy atom. The van der Waals surface area contributed by atoms with E-state index >= 15 is 0 Å². The van der Waals surface area contributed by atoms with Gasteiger partial charge in [-0.2, -0.15) is 5.10 Å². The van der Waals surface area contributed by atoms with Crippen LogP contribution in [-0.2, 0) is 17.1 Å². The van der Waals surface area contributed by atoms with Gasteiger partial charge in [-0.15, -0.1) is 23.1 Å². The summed E-state index contributed by atoms with van der Waals surface area (Å²) in [6.07, 6.45) is 0. The van der Waals surface area contributed by atoms with Crippen LogP contribution < -0.4 is 10.9 Å². The van der Waals surface area contributed by atoms with Crippen molar-refractivity contribution in [3.63, 3.8) is 0 Å². The van der Waals surface area contributed by atoms with Gasteiger partial charge >= 0.3 is 0 Å². The van der Waals surface area contributed by atoms with E-state index in [2.05, 4.69) is 15.4 Å². The average molecular weight is 477 g/mol. The summed E-state index contributed by atoms with van der Waals surface area (Å²) in [7, 11) is 0. The smallest absolute Gasteiger partial charge is 0.266 e. The first-order chi connectivity index (χ1) is 16.1. The van der Waals surface area contributed by atoms with E-state index in [1.807, 2.05) is 67.6 Å². The monoisotopic (exact) mass is 476 g/mol. The van der Waals surface area contributed by atoms with Crippen molar-refractivity contribution in [2.24, 2.45) is 0 Å². The Morgan fingerprint density at radius 3 is 2.52 bits per heavy atom. The number of carbonyl (C=O) groups excluding carboxylic acids is 1. The van der Waals surface area contributed by atoms with Gasteiger partial charge in [0.15, 0.2) is 0 Å². The summed E-state index contributed by atoms with van der Waals surface area (Å²) in [5.74, 6) is 1.11. The quantitative estimate of drug-likeness (QED) is 0.388. The minimum absolute atomic E-state index is 0.0501. The Balaban J connectivity index is 1.35. The molecule has 1 N–H and O–H groups in total. The highest BCUT2D eigenvalue weighted by molar-refractivity contribution is 7.99. The maximum absolute atomic E-state index is 12.3. The molecule has 0 aliphatic rings. The lowest BCUT2D eigenvalue weighted by atomic mass is 10.2. The zero-order valence-electron chi connectivity index (χ0n) is 18.2. The second-order valence-corrected chi connectivity index (χ2v) is 9.39. The van der Waals surface area contributed by atoms with Gasteiger partial charge < -0.3 is 5.32 Å². The summed E-state index contributed by atoms with van der Waals surface area (Å²) >= 11 is 3.12. The number of hydrogen-bond acceptors (Lipinski definition) is 6. The summed E-state index contributed by atoms with van der Waals surface area (Å²) in [4.78, 5) is 30.0. The topological polar surface area (TPSA) is 76.9 Å². The molecule has 0 radical (unpaired) electrons. The molecule has 0 fully saturated rings. The Hall–Kier alpha value is -3.23. The molecule has 2 aromatic carbocycles. The van der Waals surface area contributed by atoms with Gasteiger partial charge in [0, 0.05) is 23.9 Å². The first kappa shape index (κ1) is 22.9. The fraction of sp³-hybridized carbons (Fsp3) is 0.200. The fourth-order valence-corrected chi connectivity index (χ4v) is 5.11. The lowest BCUT2D eigenvalue weighted by Crippen LogP contribution is -2.32. The Morgan fingerprint density at radius 2 is 1.76 bits per heavy atom. The van der Waals surface area contributed by atoms with Crippen LogP contribution in [0.4, 0.5) is 0 Å². The molecule has 0 spiro atoms. The lowest BCUT2D eigenvalue weighted by Gasteiger charge is -2.08. The molecule has 0 saturated heterocycles. The van der Waals surface area contributed by atoms with E-state index in [1.54, 1.807) is 29.2 Å². The van der Waals surface area contributed by atoms with Crippen molar-refractivity contribution in [2.75, 3.05) is 12.3 Å². The van der Waals surface area contributed by atoms with Crippen molar-refractivity contribution in [3.05, 3.63) is 94.4 Å². The van der Waals surface area contributed by atoms with E-state index in [0.717, 1.165) is 26.9 Å². The summed E-state index contributed by atoms with van der Waals surface area (Å²) in [5, 5.41) is 8.32. The third-order valence-electron chi connectivity index (χ3n) is 4.91. The second kappa shape index (κ2) is 11.1. The molecule has 0 saturated carbocycles. The largest absolute Gasteiger partial charge is 0.354 e. The molecule has 2 aromatic heterocycles. The number of hydrogen-bond donors (Lipinski definition) is 1. The standard InChI is InChI=1S/C25H24N4O2S2/c1-18-24(33-25(27-18)20-10-6-3-7-11-20)21-12-13-23(31)29(28-21)15-14-26-22(30)17-32-16-19-8-4-2-5-9-19/h2-13H,14-17H2,1H3,(H,26,30). The molecule has 6 nitrogen and oxygen atoms in total. The number of aryl methyl sites for hydroxylation is 1. The van der Waals surface area contributed by atoms with E-state index in [9.17, 15) is 9.59 Å². The molecule has 2 heterocycles. The zero-order valence-corrected chi connectivity index (χ0v) is 19.9. The maximum atomic E-state index is 12.3. The molecule has 4 rings (SSSR count). The molecule has 0 aliphatic carbocycles. The van der Waals surface area contributed by atoms with Crippen molar-refractivity contribution in [2.45, 2.75) is 19.2 Å². The molecule has 0 bridgehead atoms. The van der Waals surface area contributed by atoms with Crippen molar-refractivity contribution in [1.29, 1.82) is 0 Å². The third kappa shape index (κ3) is 6.18. The van der Waals surface area contributed by atoms with Crippen LogP contribution in [-0.4, -0.2) is 33.0 Å². The number of nitrogens with one attached hydrogen (secondary N) is 1. The molecule has 0 atom stereocenters. The lowest BCUT2D eigenvalue weighted by molar-refractivity contribution is -0.118. The van der Waals surface area contributed by atoms with Gasteiger partial charge in [-0.25, -0.2) is 9.67 Å². The number of benzene rings is 2. The second-order valence-electron chi connectivity index (χ2n) is 7.41. The van der Waals surface area contributed by atoms with Crippen LogP contribution in [0, 0.1) is 6.92 Å². The summed E-state index contributed by atoms with van der Waals surface area (Å²) in [6, 6.07) is 23.3. The van der Waals surface area contributed by atoms with Crippen LogP contribution in [0.1, 0.15) is 11.3 Å². The number of rotatable bonds is 9. The van der Waals surface area contributed by atoms with E-state index in [0.29, 0.717) is 24.5 Å². The van der Waals surface area contributed by atoms with Crippen molar-refractivity contribution >= 4 is 29.0 Å². The van der Waals surface area contributed by atoms with Crippen molar-refractivity contribution in [3.8, 4) is 21.1 Å². The molecule has 168 valence electrons. The highest BCUT2D eigenvalue weighted by Crippen LogP contribution is 2.33. The predicted octanol–water partition coefficient (Wildman–Crippen LogP) is 4.39. The number of thioether (sulfide) groups is 1. The first-order valence-electron chi connectivity index (χ1n) is 10.6. The summed E-state index contributed by atoms with van der Waals surface area (Å²) in [5.41, 5.74) is 3.63. The van der Waals surface area contributed by atoms with Gasteiger partial charge in [0.2, 0.25) is 5.91 Å². The van der Waals surface area contributed by atoms with Crippen molar-refractivity contribution in [1.82, 2.24) is 20.1 Å². The number of amides is 1. The molecule has 1 amide bonds. The van der Waals surface area contributed by atoms with Crippen molar-refractivity contribution < 1.29 is 4.79 Å². The molecule has 4 aromatic rings. The zero-order chi connectivity index (χ0) is 23.0. The number of carbonyl (C=O) groups is 1. The molecular formula is C25H24N4O2S2. The Kier molecular flexibility index (Phi) is 7.70. The predicted molar refractivity (Wildman–Crippen MR) is 135 cm³/mol. The van der Waals surface area contributed by atoms with Gasteiger partial charge in [0.25, 0.3) is 5.56 Å². The highest BCUT2D eigenvalue weighted by atomic mass is 32.2. The molecule has 0 aliphatic heterocycles. The van der Waals surface area contributed by atoms with E-state index in [4.69, 9.17) is 0 Å². The van der Waals surface area contributed by atoms with Crippen LogP contribution in [0.2, 0.25) is 0 Å². The van der Waals surface area contributed by atoms with Gasteiger partial charge in [0.1, 0.15) is 10.7 Å². The van der Waals surface area contributed by atoms with Gasteiger partial charge in [-0.1, -0.05) is 60.7 Å². The SMILES string of the molecule is Cc1nc(-c2ccccc2)sc1-c1ccc(=O)n(CCNC(=O)CSCc2ccccc2)n1. The normalized spacial score (nSPS) is 10.8. The van der Waals surface area contributed by atoms with Crippen LogP contribution in [0.3, 0.4) is 0 Å². The summed E-state index contributed by atoms with van der Waals surface area (Å²) < 4.78 is 1.40. The van der Waals surface area contributed by atoms with Crippen LogP contribution >= 0.6 is 23.1 Å². The third-order valence-corrected chi connectivity index (χ3v) is 7.14. The molecule has 33 heavy (non-hydrogen) atoms.